The molecule has 3 heteroatoms. The molecule has 0 aliphatic carbocycles. The molecule has 0 radical (unpaired) electrons. The van der Waals surface area contributed by atoms with Crippen LogP contribution in [0.15, 0.2) is 40.8 Å². The van der Waals surface area contributed by atoms with E-state index in [1.807, 2.05) is 50.3 Å². The summed E-state index contributed by atoms with van der Waals surface area (Å²) < 4.78 is 5.70. The van der Waals surface area contributed by atoms with Crippen LogP contribution < -0.4 is 0 Å². The minimum Gasteiger partial charge on any atom is -0.436 e. The van der Waals surface area contributed by atoms with Crippen molar-refractivity contribution in [2.75, 3.05) is 0 Å². The van der Waals surface area contributed by atoms with Crippen LogP contribution in [0.4, 0.5) is 0 Å². The van der Waals surface area contributed by atoms with Gasteiger partial charge in [0, 0.05) is 11.5 Å². The summed E-state index contributed by atoms with van der Waals surface area (Å²) in [4.78, 5) is 4.47. The molecule has 2 nitrogen and oxygen atoms in total. The SMILES string of the molecule is C/C=C\C(=C/C)c1nc2cc(CCl)ccc2o1. The van der Waals surface area contributed by atoms with Gasteiger partial charge in [-0.3, -0.25) is 0 Å². The fourth-order valence-corrected chi connectivity index (χ4v) is 1.82. The highest BCUT2D eigenvalue weighted by molar-refractivity contribution is 6.17. The summed E-state index contributed by atoms with van der Waals surface area (Å²) in [5.41, 5.74) is 3.67. The van der Waals surface area contributed by atoms with Crippen LogP contribution in [-0.4, -0.2) is 4.98 Å². The first kappa shape index (κ1) is 11.9. The van der Waals surface area contributed by atoms with Gasteiger partial charge in [0.15, 0.2) is 5.58 Å². The predicted molar refractivity (Wildman–Crippen MR) is 72.0 cm³/mol. The van der Waals surface area contributed by atoms with Crippen LogP contribution in [0.5, 0.6) is 0 Å². The molecule has 0 amide bonds. The molecule has 0 fully saturated rings. The van der Waals surface area contributed by atoms with E-state index < -0.39 is 0 Å². The van der Waals surface area contributed by atoms with Crippen LogP contribution >= 0.6 is 11.6 Å². The largest absolute Gasteiger partial charge is 0.436 e. The van der Waals surface area contributed by atoms with Crippen LogP contribution in [0, 0.1) is 0 Å². The molecule has 88 valence electrons. The van der Waals surface area contributed by atoms with E-state index in [1.54, 1.807) is 0 Å². The van der Waals surface area contributed by atoms with Crippen molar-refractivity contribution in [3.8, 4) is 0 Å². The molecule has 0 N–H and O–H groups in total. The normalized spacial score (nSPS) is 12.8. The highest BCUT2D eigenvalue weighted by Gasteiger charge is 2.08. The second-order valence-electron chi connectivity index (χ2n) is 3.70. The van der Waals surface area contributed by atoms with Gasteiger partial charge >= 0.3 is 0 Å². The molecule has 0 aliphatic heterocycles. The predicted octanol–water partition coefficient (Wildman–Crippen LogP) is 4.55. The van der Waals surface area contributed by atoms with Gasteiger partial charge in [-0.2, -0.15) is 0 Å². The van der Waals surface area contributed by atoms with E-state index in [1.165, 1.54) is 0 Å². The summed E-state index contributed by atoms with van der Waals surface area (Å²) in [6.45, 7) is 3.94. The van der Waals surface area contributed by atoms with Crippen molar-refractivity contribution in [2.24, 2.45) is 0 Å². The quantitative estimate of drug-likeness (QED) is 0.588. The summed E-state index contributed by atoms with van der Waals surface area (Å²) in [7, 11) is 0. The molecule has 2 aromatic rings. The number of halogens is 1. The minimum absolute atomic E-state index is 0.490. The van der Waals surface area contributed by atoms with E-state index in [4.69, 9.17) is 16.0 Å². The molecule has 0 unspecified atom stereocenters. The zero-order chi connectivity index (χ0) is 12.3. The van der Waals surface area contributed by atoms with E-state index in [9.17, 15) is 0 Å². The summed E-state index contributed by atoms with van der Waals surface area (Å²) >= 11 is 5.79. The summed E-state index contributed by atoms with van der Waals surface area (Å²) in [5, 5.41) is 0. The van der Waals surface area contributed by atoms with Crippen LogP contribution in [-0.2, 0) is 5.88 Å². The van der Waals surface area contributed by atoms with E-state index in [2.05, 4.69) is 4.98 Å². The number of benzene rings is 1. The third kappa shape index (κ3) is 2.42. The van der Waals surface area contributed by atoms with Crippen molar-refractivity contribution in [3.63, 3.8) is 0 Å². The van der Waals surface area contributed by atoms with Crippen LogP contribution in [0.2, 0.25) is 0 Å². The first-order chi connectivity index (χ1) is 8.28. The zero-order valence-electron chi connectivity index (χ0n) is 9.90. The first-order valence-electron chi connectivity index (χ1n) is 5.53. The fraction of sp³-hybridized carbons (Fsp3) is 0.214. The lowest BCUT2D eigenvalue weighted by Gasteiger charge is -1.92. The third-order valence-corrected chi connectivity index (χ3v) is 2.82. The molecule has 1 aromatic heterocycles. The number of allylic oxidation sites excluding steroid dienone is 4. The second kappa shape index (κ2) is 5.19. The first-order valence-corrected chi connectivity index (χ1v) is 6.06. The van der Waals surface area contributed by atoms with Crippen molar-refractivity contribution in [1.29, 1.82) is 0 Å². The Morgan fingerprint density at radius 1 is 1.41 bits per heavy atom. The van der Waals surface area contributed by atoms with E-state index in [-0.39, 0.29) is 0 Å². The lowest BCUT2D eigenvalue weighted by Crippen LogP contribution is -1.79. The minimum atomic E-state index is 0.490. The van der Waals surface area contributed by atoms with Gasteiger partial charge in [0.2, 0.25) is 5.89 Å². The van der Waals surface area contributed by atoms with E-state index in [0.29, 0.717) is 11.8 Å². The number of hydrogen-bond acceptors (Lipinski definition) is 2. The van der Waals surface area contributed by atoms with Crippen LogP contribution in [0.25, 0.3) is 16.7 Å². The Kier molecular flexibility index (Phi) is 3.64. The number of rotatable bonds is 3. The molecular formula is C14H14ClNO. The lowest BCUT2D eigenvalue weighted by molar-refractivity contribution is 0.585. The fourth-order valence-electron chi connectivity index (χ4n) is 1.65. The molecule has 0 spiro atoms. The number of oxazole rings is 1. The van der Waals surface area contributed by atoms with Gasteiger partial charge in [-0.05, 0) is 31.5 Å². The average Bonchev–Trinajstić information content (AvgIpc) is 2.78. The average molecular weight is 248 g/mol. The van der Waals surface area contributed by atoms with E-state index >= 15 is 0 Å². The molecule has 0 bridgehead atoms. The molecule has 17 heavy (non-hydrogen) atoms. The zero-order valence-corrected chi connectivity index (χ0v) is 10.7. The maximum atomic E-state index is 5.79. The summed E-state index contributed by atoms with van der Waals surface area (Å²) in [6, 6.07) is 5.82. The number of hydrogen-bond donors (Lipinski definition) is 0. The highest BCUT2D eigenvalue weighted by atomic mass is 35.5. The molecule has 2 rings (SSSR count). The maximum Gasteiger partial charge on any atom is 0.226 e. The lowest BCUT2D eigenvalue weighted by atomic mass is 10.2. The van der Waals surface area contributed by atoms with Gasteiger partial charge in [-0.1, -0.05) is 24.3 Å². The van der Waals surface area contributed by atoms with E-state index in [0.717, 1.165) is 22.2 Å². The van der Waals surface area contributed by atoms with Crippen molar-refractivity contribution < 1.29 is 4.42 Å². The second-order valence-corrected chi connectivity index (χ2v) is 3.97. The molecule has 0 atom stereocenters. The van der Waals surface area contributed by atoms with Crippen molar-refractivity contribution >= 4 is 28.3 Å². The maximum absolute atomic E-state index is 5.79. The van der Waals surface area contributed by atoms with Gasteiger partial charge in [-0.15, -0.1) is 11.6 Å². The van der Waals surface area contributed by atoms with Gasteiger partial charge in [-0.25, -0.2) is 4.98 Å². The smallest absolute Gasteiger partial charge is 0.226 e. The number of fused-ring (bicyclic) bond motifs is 1. The topological polar surface area (TPSA) is 26.0 Å². The Morgan fingerprint density at radius 2 is 2.24 bits per heavy atom. The molecular weight excluding hydrogens is 234 g/mol. The Balaban J connectivity index is 2.50. The van der Waals surface area contributed by atoms with Crippen molar-refractivity contribution in [3.05, 3.63) is 47.9 Å². The van der Waals surface area contributed by atoms with Crippen LogP contribution in [0.1, 0.15) is 25.3 Å². The van der Waals surface area contributed by atoms with Crippen LogP contribution in [0.3, 0.4) is 0 Å². The third-order valence-electron chi connectivity index (χ3n) is 2.51. The molecule has 0 saturated carbocycles. The summed E-state index contributed by atoms with van der Waals surface area (Å²) in [6.07, 6.45) is 5.93. The highest BCUT2D eigenvalue weighted by Crippen LogP contribution is 2.23. The number of nitrogens with zero attached hydrogens (tertiary/aromatic N) is 1. The van der Waals surface area contributed by atoms with Crippen molar-refractivity contribution in [1.82, 2.24) is 4.98 Å². The monoisotopic (exact) mass is 247 g/mol. The summed E-state index contributed by atoms with van der Waals surface area (Å²) in [5.74, 6) is 1.14. The van der Waals surface area contributed by atoms with Gasteiger partial charge in [0.05, 0.1) is 0 Å². The molecule has 0 aliphatic rings. The standard InChI is InChI=1S/C14H14ClNO/c1-3-5-11(4-2)14-16-12-8-10(9-15)6-7-13(12)17-14/h3-8H,9H2,1-2H3/b5-3-,11-4+. The number of aromatic nitrogens is 1. The van der Waals surface area contributed by atoms with Gasteiger partial charge in [0.1, 0.15) is 5.52 Å². The molecule has 1 aromatic carbocycles. The van der Waals surface area contributed by atoms with Gasteiger partial charge in [0.25, 0.3) is 0 Å². The number of alkyl halides is 1. The Labute approximate surface area is 106 Å². The van der Waals surface area contributed by atoms with Gasteiger partial charge < -0.3 is 4.42 Å². The molecule has 0 saturated heterocycles. The Hall–Kier alpha value is -1.54. The Morgan fingerprint density at radius 3 is 2.88 bits per heavy atom. The molecule has 1 heterocycles. The van der Waals surface area contributed by atoms with Crippen molar-refractivity contribution in [2.45, 2.75) is 19.7 Å². The Bertz CT molecular complexity index is 581.